The molecule has 1 rings (SSSR count). The normalized spacial score (nSPS) is 12.4. The maximum absolute atomic E-state index is 13.8. The first-order valence-electron chi connectivity index (χ1n) is 5.75. The van der Waals surface area contributed by atoms with E-state index in [4.69, 9.17) is 28.3 Å². The summed E-state index contributed by atoms with van der Waals surface area (Å²) in [7, 11) is -3.88. The second kappa shape index (κ2) is 5.87. The van der Waals surface area contributed by atoms with Crippen molar-refractivity contribution in [1.29, 1.82) is 0 Å². The third-order valence-electron chi connectivity index (χ3n) is 2.84. The van der Waals surface area contributed by atoms with Gasteiger partial charge in [0.05, 0.1) is 16.2 Å². The van der Waals surface area contributed by atoms with Gasteiger partial charge in [0.2, 0.25) is 0 Å². The largest absolute Gasteiger partial charge is 0.478 e. The molecule has 0 aliphatic heterocycles. The number of carbonyl (C=O) groups is 1. The highest BCUT2D eigenvalue weighted by Gasteiger charge is 2.35. The standard InChI is InChI=1S/C12H13Cl2FO4S/c1-3-7-8(11(16)17)5-6-9(12(13,14)15)10(7)20(18,19)4-2/h5-6H,3-4H2,1-2H3,(H,16,17). The fourth-order valence-electron chi connectivity index (χ4n) is 1.90. The monoisotopic (exact) mass is 342 g/mol. The molecule has 1 N–H and O–H groups in total. The smallest absolute Gasteiger partial charge is 0.336 e. The predicted molar refractivity (Wildman–Crippen MR) is 75.0 cm³/mol. The molecular weight excluding hydrogens is 330 g/mol. The minimum Gasteiger partial charge on any atom is -0.478 e. The van der Waals surface area contributed by atoms with Gasteiger partial charge in [0, 0.05) is 5.56 Å². The summed E-state index contributed by atoms with van der Waals surface area (Å²) in [4.78, 5) is 10.7. The molecule has 1 aromatic rings. The highest BCUT2D eigenvalue weighted by Crippen LogP contribution is 2.41. The molecule has 112 valence electrons. The number of carboxylic acid groups (broad SMARTS) is 1. The lowest BCUT2D eigenvalue weighted by Gasteiger charge is -2.19. The Balaban J connectivity index is 3.89. The van der Waals surface area contributed by atoms with Crippen molar-refractivity contribution >= 4 is 39.0 Å². The van der Waals surface area contributed by atoms with Gasteiger partial charge in [-0.3, -0.25) is 0 Å². The molecule has 0 aliphatic rings. The average Bonchev–Trinajstić information content (AvgIpc) is 2.35. The van der Waals surface area contributed by atoms with Crippen molar-refractivity contribution in [1.82, 2.24) is 0 Å². The Morgan fingerprint density at radius 1 is 1.35 bits per heavy atom. The lowest BCUT2D eigenvalue weighted by molar-refractivity contribution is 0.0695. The highest BCUT2D eigenvalue weighted by atomic mass is 35.5. The number of aromatic carboxylic acids is 1. The van der Waals surface area contributed by atoms with Gasteiger partial charge in [0.15, 0.2) is 9.84 Å². The van der Waals surface area contributed by atoms with E-state index in [1.54, 1.807) is 6.92 Å². The molecular formula is C12H13Cl2FO4S. The van der Waals surface area contributed by atoms with Gasteiger partial charge in [-0.1, -0.05) is 43.1 Å². The van der Waals surface area contributed by atoms with Gasteiger partial charge in [-0.05, 0) is 18.1 Å². The van der Waals surface area contributed by atoms with Crippen LogP contribution in [0.25, 0.3) is 0 Å². The molecule has 0 atom stereocenters. The first-order chi connectivity index (χ1) is 9.06. The van der Waals surface area contributed by atoms with Gasteiger partial charge in [0.1, 0.15) is 0 Å². The van der Waals surface area contributed by atoms with Gasteiger partial charge in [-0.2, -0.15) is 0 Å². The SMILES string of the molecule is CCc1c(C(=O)O)ccc(C(F)(Cl)Cl)c1S(=O)(=O)CC. The zero-order valence-electron chi connectivity index (χ0n) is 10.8. The second-order valence-electron chi connectivity index (χ2n) is 4.03. The fraction of sp³-hybridized carbons (Fsp3) is 0.417. The second-order valence-corrected chi connectivity index (χ2v) is 7.48. The van der Waals surface area contributed by atoms with Crippen LogP contribution in [0, 0.1) is 0 Å². The number of sulfone groups is 1. The number of carboxylic acids is 1. The van der Waals surface area contributed by atoms with Crippen molar-refractivity contribution in [2.75, 3.05) is 5.75 Å². The topological polar surface area (TPSA) is 71.4 Å². The van der Waals surface area contributed by atoms with Crippen molar-refractivity contribution in [3.05, 3.63) is 28.8 Å². The Hall–Kier alpha value is -0.850. The highest BCUT2D eigenvalue weighted by molar-refractivity contribution is 7.91. The van der Waals surface area contributed by atoms with E-state index in [9.17, 15) is 17.6 Å². The molecule has 0 radical (unpaired) electrons. The molecule has 0 unspecified atom stereocenters. The van der Waals surface area contributed by atoms with E-state index >= 15 is 0 Å². The van der Waals surface area contributed by atoms with E-state index < -0.39 is 30.9 Å². The van der Waals surface area contributed by atoms with E-state index in [1.807, 2.05) is 0 Å². The summed E-state index contributed by atoms with van der Waals surface area (Å²) in [6.45, 7) is 2.94. The van der Waals surface area contributed by atoms with Gasteiger partial charge in [-0.15, -0.1) is 0 Å². The first kappa shape index (κ1) is 17.2. The van der Waals surface area contributed by atoms with E-state index in [2.05, 4.69) is 0 Å². The maximum Gasteiger partial charge on any atom is 0.336 e. The number of hydrogen-bond donors (Lipinski definition) is 1. The van der Waals surface area contributed by atoms with E-state index in [0.29, 0.717) is 0 Å². The fourth-order valence-corrected chi connectivity index (χ4v) is 3.79. The third-order valence-corrected chi connectivity index (χ3v) is 5.10. The van der Waals surface area contributed by atoms with Crippen LogP contribution in [0.15, 0.2) is 17.0 Å². The van der Waals surface area contributed by atoms with Crippen LogP contribution in [0.2, 0.25) is 0 Å². The summed E-state index contributed by atoms with van der Waals surface area (Å²) in [5, 5.41) is 9.10. The molecule has 0 fully saturated rings. The van der Waals surface area contributed by atoms with Crippen LogP contribution < -0.4 is 0 Å². The Labute approximate surface area is 126 Å². The lowest BCUT2D eigenvalue weighted by atomic mass is 10.0. The molecule has 8 heteroatoms. The molecule has 0 saturated heterocycles. The van der Waals surface area contributed by atoms with Crippen molar-refractivity contribution in [3.63, 3.8) is 0 Å². The van der Waals surface area contributed by atoms with E-state index in [-0.39, 0.29) is 23.3 Å². The molecule has 0 bridgehead atoms. The van der Waals surface area contributed by atoms with Gasteiger partial charge >= 0.3 is 5.97 Å². The molecule has 0 aliphatic carbocycles. The van der Waals surface area contributed by atoms with Crippen molar-refractivity contribution in [3.8, 4) is 0 Å². The summed E-state index contributed by atoms with van der Waals surface area (Å²) in [5.74, 6) is -1.62. The molecule has 0 aromatic heterocycles. The van der Waals surface area contributed by atoms with Crippen LogP contribution >= 0.6 is 23.2 Å². The number of rotatable bonds is 5. The van der Waals surface area contributed by atoms with E-state index in [0.717, 1.165) is 12.1 Å². The Kier molecular flexibility index (Phi) is 5.05. The van der Waals surface area contributed by atoms with E-state index in [1.165, 1.54) is 6.92 Å². The van der Waals surface area contributed by atoms with Crippen LogP contribution in [0.3, 0.4) is 0 Å². The summed E-state index contributed by atoms with van der Waals surface area (Å²) in [5.41, 5.74) is -0.662. The average molecular weight is 343 g/mol. The van der Waals surface area contributed by atoms with Gasteiger partial charge in [0.25, 0.3) is 4.59 Å². The molecule has 4 nitrogen and oxygen atoms in total. The van der Waals surface area contributed by atoms with Crippen molar-refractivity contribution < 1.29 is 22.7 Å². The lowest BCUT2D eigenvalue weighted by Crippen LogP contribution is -2.18. The zero-order valence-corrected chi connectivity index (χ0v) is 13.1. The van der Waals surface area contributed by atoms with Crippen LogP contribution in [0.1, 0.15) is 35.3 Å². The number of alkyl halides is 3. The van der Waals surface area contributed by atoms with Crippen LogP contribution in [0.5, 0.6) is 0 Å². The number of benzene rings is 1. The van der Waals surface area contributed by atoms with Crippen molar-refractivity contribution in [2.24, 2.45) is 0 Å². The minimum absolute atomic E-state index is 0.000162. The van der Waals surface area contributed by atoms with Gasteiger partial charge in [-0.25, -0.2) is 17.6 Å². The molecule has 0 amide bonds. The third kappa shape index (κ3) is 3.24. The Morgan fingerprint density at radius 2 is 1.90 bits per heavy atom. The summed E-state index contributed by atoms with van der Waals surface area (Å²) >= 11 is 10.7. The summed E-state index contributed by atoms with van der Waals surface area (Å²) in [6.07, 6.45) is 0.0912. The molecule has 1 aromatic carbocycles. The predicted octanol–water partition coefficient (Wildman–Crippen LogP) is 3.30. The van der Waals surface area contributed by atoms with Crippen LogP contribution in [-0.2, 0) is 20.8 Å². The number of halogens is 3. The summed E-state index contributed by atoms with van der Waals surface area (Å²) < 4.78 is 35.2. The van der Waals surface area contributed by atoms with Crippen LogP contribution in [0.4, 0.5) is 4.39 Å². The minimum atomic E-state index is -3.88. The quantitative estimate of drug-likeness (QED) is 0.833. The Bertz CT molecular complexity index is 636. The number of hydrogen-bond acceptors (Lipinski definition) is 3. The summed E-state index contributed by atoms with van der Waals surface area (Å²) in [6, 6.07) is 2.09. The first-order valence-corrected chi connectivity index (χ1v) is 8.16. The van der Waals surface area contributed by atoms with Crippen LogP contribution in [-0.4, -0.2) is 25.2 Å². The molecule has 0 heterocycles. The molecule has 0 spiro atoms. The van der Waals surface area contributed by atoms with Gasteiger partial charge < -0.3 is 5.11 Å². The Morgan fingerprint density at radius 3 is 2.25 bits per heavy atom. The molecule has 0 saturated carbocycles. The molecule has 20 heavy (non-hydrogen) atoms. The zero-order chi connectivity index (χ0) is 15.7. The maximum atomic E-state index is 13.8. The van der Waals surface area contributed by atoms with Crippen molar-refractivity contribution in [2.45, 2.75) is 29.8 Å².